The summed E-state index contributed by atoms with van der Waals surface area (Å²) in [5.74, 6) is -0.298. The van der Waals surface area contributed by atoms with Crippen molar-refractivity contribution in [3.8, 4) is 5.75 Å². The molecule has 0 aliphatic heterocycles. The molecule has 0 saturated heterocycles. The van der Waals surface area contributed by atoms with Gasteiger partial charge in [-0.05, 0) is 41.5 Å². The molecule has 0 heterocycles. The topological polar surface area (TPSA) is 9.23 Å². The zero-order valence-electron chi connectivity index (χ0n) is 9.96. The van der Waals surface area contributed by atoms with Crippen molar-refractivity contribution in [3.05, 3.63) is 63.4 Å². The highest BCUT2D eigenvalue weighted by Gasteiger charge is 2.16. The standard InChI is InChI=1S/C14H10Cl3FO/c1-19-13-6-8(2-5-12(13)18)14(17)10-7-9(15)3-4-11(10)16/h2-7,14H,1H3. The second-order valence-electron chi connectivity index (χ2n) is 3.92. The first-order valence-corrected chi connectivity index (χ1v) is 6.64. The second-order valence-corrected chi connectivity index (χ2v) is 5.20. The van der Waals surface area contributed by atoms with Crippen LogP contribution in [0.4, 0.5) is 4.39 Å². The van der Waals surface area contributed by atoms with Crippen LogP contribution in [-0.4, -0.2) is 7.11 Å². The van der Waals surface area contributed by atoms with E-state index in [0.29, 0.717) is 21.2 Å². The molecule has 1 unspecified atom stereocenters. The van der Waals surface area contributed by atoms with E-state index >= 15 is 0 Å². The Labute approximate surface area is 125 Å². The molecule has 0 amide bonds. The number of hydrogen-bond donors (Lipinski definition) is 0. The quantitative estimate of drug-likeness (QED) is 0.682. The third kappa shape index (κ3) is 3.14. The Morgan fingerprint density at radius 2 is 1.84 bits per heavy atom. The molecule has 100 valence electrons. The van der Waals surface area contributed by atoms with Gasteiger partial charge in [-0.25, -0.2) is 4.39 Å². The molecule has 0 aromatic heterocycles. The lowest BCUT2D eigenvalue weighted by atomic mass is 10.0. The van der Waals surface area contributed by atoms with Gasteiger partial charge in [0.15, 0.2) is 11.6 Å². The molecule has 1 nitrogen and oxygen atoms in total. The van der Waals surface area contributed by atoms with Crippen molar-refractivity contribution in [1.29, 1.82) is 0 Å². The average molecular weight is 320 g/mol. The fourth-order valence-corrected chi connectivity index (χ4v) is 2.50. The number of halogens is 4. The highest BCUT2D eigenvalue weighted by atomic mass is 35.5. The van der Waals surface area contributed by atoms with Crippen molar-refractivity contribution in [2.45, 2.75) is 5.38 Å². The van der Waals surface area contributed by atoms with Crippen LogP contribution in [0.5, 0.6) is 5.75 Å². The molecule has 2 aromatic rings. The Kier molecular flexibility index (Phi) is 4.56. The van der Waals surface area contributed by atoms with Crippen molar-refractivity contribution in [2.75, 3.05) is 7.11 Å². The van der Waals surface area contributed by atoms with E-state index in [-0.39, 0.29) is 5.75 Å². The van der Waals surface area contributed by atoms with E-state index in [2.05, 4.69) is 0 Å². The molecule has 0 aliphatic rings. The molecule has 0 spiro atoms. The number of alkyl halides is 1. The zero-order valence-corrected chi connectivity index (χ0v) is 12.2. The van der Waals surface area contributed by atoms with E-state index in [9.17, 15) is 4.39 Å². The van der Waals surface area contributed by atoms with Gasteiger partial charge < -0.3 is 4.74 Å². The number of rotatable bonds is 3. The summed E-state index contributed by atoms with van der Waals surface area (Å²) in [4.78, 5) is 0. The van der Waals surface area contributed by atoms with Crippen molar-refractivity contribution in [2.24, 2.45) is 0 Å². The molecule has 2 aromatic carbocycles. The molecular weight excluding hydrogens is 310 g/mol. The van der Waals surface area contributed by atoms with Crippen molar-refractivity contribution >= 4 is 34.8 Å². The van der Waals surface area contributed by atoms with E-state index in [0.717, 1.165) is 0 Å². The van der Waals surface area contributed by atoms with Crippen LogP contribution < -0.4 is 4.74 Å². The molecule has 0 aliphatic carbocycles. The van der Waals surface area contributed by atoms with Crippen molar-refractivity contribution in [1.82, 2.24) is 0 Å². The molecule has 19 heavy (non-hydrogen) atoms. The lowest BCUT2D eigenvalue weighted by Gasteiger charge is -2.14. The number of methoxy groups -OCH3 is 1. The summed E-state index contributed by atoms with van der Waals surface area (Å²) in [6, 6.07) is 9.49. The molecule has 0 saturated carbocycles. The second kappa shape index (κ2) is 6.00. The van der Waals surface area contributed by atoms with Gasteiger partial charge in [-0.15, -0.1) is 11.6 Å². The number of hydrogen-bond acceptors (Lipinski definition) is 1. The van der Waals surface area contributed by atoms with Crippen LogP contribution in [0.15, 0.2) is 36.4 Å². The fraction of sp³-hybridized carbons (Fsp3) is 0.143. The summed E-state index contributed by atoms with van der Waals surface area (Å²) in [5, 5.41) is 0.521. The maximum Gasteiger partial charge on any atom is 0.165 e. The summed E-state index contributed by atoms with van der Waals surface area (Å²) >= 11 is 18.4. The van der Waals surface area contributed by atoms with E-state index < -0.39 is 11.2 Å². The van der Waals surface area contributed by atoms with Gasteiger partial charge in [-0.1, -0.05) is 29.3 Å². The minimum atomic E-state index is -0.527. The van der Waals surface area contributed by atoms with Gasteiger partial charge in [0, 0.05) is 10.0 Å². The summed E-state index contributed by atoms with van der Waals surface area (Å²) in [6.07, 6.45) is 0. The Morgan fingerprint density at radius 3 is 2.53 bits per heavy atom. The maximum atomic E-state index is 13.4. The minimum absolute atomic E-state index is 0.140. The van der Waals surface area contributed by atoms with Crippen LogP contribution in [0, 0.1) is 5.82 Å². The predicted octanol–water partition coefficient (Wildman–Crippen LogP) is 5.47. The Hall–Kier alpha value is -0.960. The Bertz CT molecular complexity index is 601. The third-order valence-electron chi connectivity index (χ3n) is 2.70. The molecule has 5 heteroatoms. The van der Waals surface area contributed by atoms with Gasteiger partial charge in [0.1, 0.15) is 0 Å². The average Bonchev–Trinajstić information content (AvgIpc) is 2.41. The summed E-state index contributed by atoms with van der Waals surface area (Å²) < 4.78 is 18.3. The molecule has 0 bridgehead atoms. The fourth-order valence-electron chi connectivity index (χ4n) is 1.72. The van der Waals surface area contributed by atoms with E-state index in [1.807, 2.05) is 0 Å². The van der Waals surface area contributed by atoms with Gasteiger partial charge >= 0.3 is 0 Å². The van der Waals surface area contributed by atoms with E-state index in [1.54, 1.807) is 30.3 Å². The van der Waals surface area contributed by atoms with Crippen LogP contribution in [0.25, 0.3) is 0 Å². The van der Waals surface area contributed by atoms with Crippen LogP contribution in [-0.2, 0) is 0 Å². The van der Waals surface area contributed by atoms with Crippen LogP contribution in [0.1, 0.15) is 16.5 Å². The molecule has 2 rings (SSSR count). The van der Waals surface area contributed by atoms with Crippen molar-refractivity contribution < 1.29 is 9.13 Å². The molecular formula is C14H10Cl3FO. The number of benzene rings is 2. The first-order valence-electron chi connectivity index (χ1n) is 5.45. The maximum absolute atomic E-state index is 13.4. The molecule has 0 radical (unpaired) electrons. The Morgan fingerprint density at radius 1 is 1.11 bits per heavy atom. The predicted molar refractivity (Wildman–Crippen MR) is 77.1 cm³/mol. The zero-order chi connectivity index (χ0) is 14.0. The minimum Gasteiger partial charge on any atom is -0.494 e. The summed E-state index contributed by atoms with van der Waals surface area (Å²) in [5.41, 5.74) is 1.36. The third-order valence-corrected chi connectivity index (χ3v) is 3.77. The van der Waals surface area contributed by atoms with Crippen LogP contribution in [0.3, 0.4) is 0 Å². The summed E-state index contributed by atoms with van der Waals surface area (Å²) in [7, 11) is 1.40. The van der Waals surface area contributed by atoms with E-state index in [1.165, 1.54) is 13.2 Å². The van der Waals surface area contributed by atoms with Gasteiger partial charge in [0.25, 0.3) is 0 Å². The molecule has 0 N–H and O–H groups in total. The van der Waals surface area contributed by atoms with Gasteiger partial charge in [0.2, 0.25) is 0 Å². The first kappa shape index (κ1) is 14.4. The SMILES string of the molecule is COc1cc(C(Cl)c2cc(Cl)ccc2Cl)ccc1F. The Balaban J connectivity index is 2.43. The number of ether oxygens (including phenoxy) is 1. The molecule has 0 fully saturated rings. The van der Waals surface area contributed by atoms with Crippen LogP contribution >= 0.6 is 34.8 Å². The van der Waals surface area contributed by atoms with Gasteiger partial charge in [-0.2, -0.15) is 0 Å². The van der Waals surface area contributed by atoms with Crippen molar-refractivity contribution in [3.63, 3.8) is 0 Å². The monoisotopic (exact) mass is 318 g/mol. The lowest BCUT2D eigenvalue weighted by Crippen LogP contribution is -1.97. The largest absolute Gasteiger partial charge is 0.494 e. The van der Waals surface area contributed by atoms with Gasteiger partial charge in [0.05, 0.1) is 12.5 Å². The van der Waals surface area contributed by atoms with Crippen LogP contribution in [0.2, 0.25) is 10.0 Å². The first-order chi connectivity index (χ1) is 9.02. The highest BCUT2D eigenvalue weighted by Crippen LogP contribution is 2.36. The normalized spacial score (nSPS) is 12.3. The summed E-state index contributed by atoms with van der Waals surface area (Å²) in [6.45, 7) is 0. The lowest BCUT2D eigenvalue weighted by molar-refractivity contribution is 0.386. The smallest absolute Gasteiger partial charge is 0.165 e. The van der Waals surface area contributed by atoms with E-state index in [4.69, 9.17) is 39.5 Å². The van der Waals surface area contributed by atoms with Gasteiger partial charge in [-0.3, -0.25) is 0 Å². The highest BCUT2D eigenvalue weighted by molar-refractivity contribution is 6.35. The molecule has 1 atom stereocenters.